The molecule has 9 N–H and O–H groups in total. The van der Waals surface area contributed by atoms with Gasteiger partial charge in [-0.25, -0.2) is 0 Å². The van der Waals surface area contributed by atoms with Crippen molar-refractivity contribution in [1.29, 1.82) is 0 Å². The zero-order valence-corrected chi connectivity index (χ0v) is 23.3. The van der Waals surface area contributed by atoms with Crippen LogP contribution in [0.5, 0.6) is 28.7 Å². The van der Waals surface area contributed by atoms with E-state index < -0.39 is 96.1 Å². The molecule has 5 rings (SSSR count). The van der Waals surface area contributed by atoms with Crippen LogP contribution < -0.4 is 14.9 Å². The maximum absolute atomic E-state index is 13.7. The highest BCUT2D eigenvalue weighted by molar-refractivity contribution is 5.88. The van der Waals surface area contributed by atoms with Gasteiger partial charge < -0.3 is 74.1 Å². The number of hydrogen-bond donors (Lipinski definition) is 9. The van der Waals surface area contributed by atoms with E-state index in [9.17, 15) is 50.8 Å². The Hall–Kier alpha value is -3.71. The zero-order chi connectivity index (χ0) is 32.0. The summed E-state index contributed by atoms with van der Waals surface area (Å²) in [6.45, 7) is 0.577. The van der Waals surface area contributed by atoms with Crippen LogP contribution in [0.2, 0.25) is 0 Å². The van der Waals surface area contributed by atoms with Gasteiger partial charge in [-0.15, -0.1) is 0 Å². The summed E-state index contributed by atoms with van der Waals surface area (Å²) in [6.07, 6.45) is -16.2. The fourth-order valence-electron chi connectivity index (χ4n) is 5.10. The molecule has 10 atom stereocenters. The van der Waals surface area contributed by atoms with Crippen LogP contribution in [0.1, 0.15) is 6.92 Å². The van der Waals surface area contributed by atoms with Gasteiger partial charge >= 0.3 is 0 Å². The first kappa shape index (κ1) is 31.7. The maximum atomic E-state index is 13.7. The second-order valence-electron chi connectivity index (χ2n) is 10.4. The van der Waals surface area contributed by atoms with Crippen molar-refractivity contribution in [2.75, 3.05) is 13.7 Å². The van der Waals surface area contributed by atoms with Crippen molar-refractivity contribution < 1.29 is 74.1 Å². The average molecular weight is 625 g/mol. The number of fused-ring (bicyclic) bond motifs is 1. The monoisotopic (exact) mass is 624 g/mol. The predicted molar refractivity (Wildman–Crippen MR) is 145 cm³/mol. The smallest absolute Gasteiger partial charge is 0.239 e. The third kappa shape index (κ3) is 5.63. The molecule has 2 aliphatic heterocycles. The zero-order valence-electron chi connectivity index (χ0n) is 23.3. The molecule has 44 heavy (non-hydrogen) atoms. The molecule has 2 saturated heterocycles. The molecule has 0 unspecified atom stereocenters. The summed E-state index contributed by atoms with van der Waals surface area (Å²) in [7, 11) is 1.28. The third-order valence-corrected chi connectivity index (χ3v) is 7.51. The van der Waals surface area contributed by atoms with Gasteiger partial charge in [0.25, 0.3) is 0 Å². The number of aliphatic hydroxyl groups excluding tert-OH is 6. The Labute approximate surface area is 248 Å². The number of rotatable bonds is 7. The maximum Gasteiger partial charge on any atom is 0.239 e. The van der Waals surface area contributed by atoms with Crippen LogP contribution in [0.4, 0.5) is 0 Å². The van der Waals surface area contributed by atoms with Gasteiger partial charge in [0.1, 0.15) is 65.2 Å². The van der Waals surface area contributed by atoms with E-state index >= 15 is 0 Å². The number of phenolic OH excluding ortho intramolecular Hbond substituents is 3. The summed E-state index contributed by atoms with van der Waals surface area (Å²) >= 11 is 0. The summed E-state index contributed by atoms with van der Waals surface area (Å²) in [5.41, 5.74) is -1.11. The highest BCUT2D eigenvalue weighted by Crippen LogP contribution is 2.40. The van der Waals surface area contributed by atoms with E-state index in [2.05, 4.69) is 0 Å². The van der Waals surface area contributed by atoms with E-state index in [-0.39, 0.29) is 28.4 Å². The fraction of sp³-hybridized carbons (Fsp3) is 0.464. The fourth-order valence-corrected chi connectivity index (χ4v) is 5.10. The summed E-state index contributed by atoms with van der Waals surface area (Å²) < 4.78 is 33.3. The first-order valence-electron chi connectivity index (χ1n) is 13.4. The predicted octanol–water partition coefficient (Wildman–Crippen LogP) is -1.38. The molecule has 0 amide bonds. The normalized spacial score (nSPS) is 32.5. The number of aliphatic hydroxyl groups is 6. The summed E-state index contributed by atoms with van der Waals surface area (Å²) in [6, 6.07) is 5.83. The number of phenols is 3. The van der Waals surface area contributed by atoms with Gasteiger partial charge in [-0.2, -0.15) is 0 Å². The van der Waals surface area contributed by atoms with E-state index in [1.807, 2.05) is 0 Å². The Morgan fingerprint density at radius 2 is 1.55 bits per heavy atom. The van der Waals surface area contributed by atoms with Crippen LogP contribution in [0.25, 0.3) is 22.3 Å². The van der Waals surface area contributed by atoms with E-state index in [0.29, 0.717) is 0 Å². The van der Waals surface area contributed by atoms with Gasteiger partial charge in [0, 0.05) is 17.7 Å². The van der Waals surface area contributed by atoms with Crippen molar-refractivity contribution in [2.45, 2.75) is 68.3 Å². The molecule has 2 aromatic carbocycles. The average Bonchev–Trinajstić information content (AvgIpc) is 2.99. The number of aromatic hydroxyl groups is 3. The number of benzene rings is 2. The van der Waals surface area contributed by atoms with Gasteiger partial charge in [0.15, 0.2) is 23.5 Å². The summed E-state index contributed by atoms with van der Waals surface area (Å²) in [5, 5.41) is 92.4. The molecule has 0 spiro atoms. The molecule has 0 saturated carbocycles. The van der Waals surface area contributed by atoms with Gasteiger partial charge in [0.05, 0.1) is 19.8 Å². The lowest BCUT2D eigenvalue weighted by Gasteiger charge is -2.45. The molecular weight excluding hydrogens is 592 g/mol. The summed E-state index contributed by atoms with van der Waals surface area (Å²) in [4.78, 5) is 13.7. The van der Waals surface area contributed by atoms with Crippen LogP contribution in [-0.2, 0) is 14.2 Å². The van der Waals surface area contributed by atoms with Crippen LogP contribution in [0.3, 0.4) is 0 Å². The topological polar surface area (TPSA) is 258 Å². The molecule has 3 heterocycles. The molecule has 16 nitrogen and oxygen atoms in total. The lowest BCUT2D eigenvalue weighted by molar-refractivity contribution is -0.349. The number of methoxy groups -OCH3 is 1. The second-order valence-corrected chi connectivity index (χ2v) is 10.4. The number of ether oxygens (including phenoxy) is 5. The minimum atomic E-state index is -1.97. The molecule has 0 radical (unpaired) electrons. The quantitative estimate of drug-likeness (QED) is 0.147. The van der Waals surface area contributed by atoms with Crippen LogP contribution in [-0.4, -0.2) is 121 Å². The van der Waals surface area contributed by atoms with E-state index in [0.717, 1.165) is 12.1 Å². The highest BCUT2D eigenvalue weighted by atomic mass is 16.7. The van der Waals surface area contributed by atoms with Crippen molar-refractivity contribution >= 4 is 11.0 Å². The third-order valence-electron chi connectivity index (χ3n) is 7.51. The Balaban J connectivity index is 1.51. The van der Waals surface area contributed by atoms with Gasteiger partial charge in [0.2, 0.25) is 17.5 Å². The molecule has 3 aromatic rings. The van der Waals surface area contributed by atoms with Crippen LogP contribution in [0.15, 0.2) is 39.5 Å². The molecule has 2 aliphatic rings. The lowest BCUT2D eigenvalue weighted by Crippen LogP contribution is -2.64. The Morgan fingerprint density at radius 1 is 0.841 bits per heavy atom. The Morgan fingerprint density at radius 3 is 2.23 bits per heavy atom. The van der Waals surface area contributed by atoms with Gasteiger partial charge in [-0.1, -0.05) is 0 Å². The van der Waals surface area contributed by atoms with Crippen LogP contribution >= 0.6 is 0 Å². The second kappa shape index (κ2) is 12.4. The highest BCUT2D eigenvalue weighted by Gasteiger charge is 2.51. The van der Waals surface area contributed by atoms with Crippen LogP contribution in [0, 0.1) is 0 Å². The Kier molecular flexibility index (Phi) is 8.90. The van der Waals surface area contributed by atoms with E-state index in [1.165, 1.54) is 32.2 Å². The van der Waals surface area contributed by atoms with Crippen molar-refractivity contribution in [2.24, 2.45) is 0 Å². The molecule has 1 aromatic heterocycles. The molecule has 0 aliphatic carbocycles. The van der Waals surface area contributed by atoms with Crippen molar-refractivity contribution in [1.82, 2.24) is 0 Å². The number of hydrogen-bond acceptors (Lipinski definition) is 16. The standard InChI is InChI=1S/C28H32O16/c1-9-18(33)20(35)22(37)27(40-9)43-25-16(8-29)42-28(23(38)21(25)36)44-26-19(34)17-13(32)6-11(30)7-15(17)41-24(26)10-3-4-12(31)14(5-10)39-2/h3-7,9,16,18,20-23,25,27-33,35-38H,8H2,1-2H3/t9-,16-,18-,20-,21-,22-,23+,25-,27-,28+/m0/s1. The molecule has 0 bridgehead atoms. The first-order chi connectivity index (χ1) is 20.9. The summed E-state index contributed by atoms with van der Waals surface area (Å²) in [5.74, 6) is -2.28. The van der Waals surface area contributed by atoms with Crippen molar-refractivity contribution in [3.8, 4) is 40.1 Å². The van der Waals surface area contributed by atoms with E-state index in [1.54, 1.807) is 0 Å². The van der Waals surface area contributed by atoms with Crippen molar-refractivity contribution in [3.63, 3.8) is 0 Å². The lowest BCUT2D eigenvalue weighted by atomic mass is 9.97. The molecule has 2 fully saturated rings. The minimum Gasteiger partial charge on any atom is -0.508 e. The van der Waals surface area contributed by atoms with Crippen molar-refractivity contribution in [3.05, 3.63) is 40.6 Å². The molecule has 16 heteroatoms. The SMILES string of the molecule is COc1cc(-c2oc3cc(O)cc(O)c3c(=O)c2O[C@H]2O[C@@H](CO)[C@H](O[C@@H]3O[C@@H](C)[C@H](O)[C@H](O)[C@@H]3O)[C@@H](O)[C@H]2O)ccc1O. The first-order valence-corrected chi connectivity index (χ1v) is 13.4. The minimum absolute atomic E-state index is 0.0151. The molecular formula is C28H32O16. The van der Waals surface area contributed by atoms with Gasteiger partial charge in [-0.05, 0) is 25.1 Å². The van der Waals surface area contributed by atoms with Gasteiger partial charge in [-0.3, -0.25) is 4.79 Å². The Bertz CT molecular complexity index is 1550. The molecule has 240 valence electrons. The van der Waals surface area contributed by atoms with E-state index in [4.69, 9.17) is 28.1 Å². The largest absolute Gasteiger partial charge is 0.508 e.